The molecule has 0 spiro atoms. The molecule has 2 heterocycles. The van der Waals surface area contributed by atoms with Crippen LogP contribution in [0.5, 0.6) is 0 Å². The van der Waals surface area contributed by atoms with Gasteiger partial charge in [0, 0.05) is 55.4 Å². The smallest absolute Gasteiger partial charge is 0.137 e. The minimum atomic E-state index is 0.879. The normalized spacial score (nSPS) is 11.6. The second kappa shape index (κ2) is 14.2. The van der Waals surface area contributed by atoms with Crippen molar-refractivity contribution in [3.05, 3.63) is 212 Å². The number of aromatic nitrogens is 1. The fourth-order valence-corrected chi connectivity index (χ4v) is 8.89. The maximum absolute atomic E-state index is 4.99. The molecule has 260 valence electrons. The molecule has 0 atom stereocenters. The zero-order chi connectivity index (χ0) is 36.6. The molecule has 9 aromatic rings. The number of para-hydroxylation sites is 4. The molecule has 3 nitrogen and oxygen atoms in total. The predicted octanol–water partition coefficient (Wildman–Crippen LogP) is 14.6. The molecule has 1 aliphatic heterocycles. The third-order valence-electron chi connectivity index (χ3n) is 10.3. The van der Waals surface area contributed by atoms with Crippen LogP contribution in [0.3, 0.4) is 0 Å². The van der Waals surface area contributed by atoms with Crippen LogP contribution in [0, 0.1) is 0 Å². The first-order chi connectivity index (χ1) is 27.3. The zero-order valence-corrected chi connectivity index (χ0v) is 30.8. The summed E-state index contributed by atoms with van der Waals surface area (Å²) in [5.74, 6) is 0.879. The van der Waals surface area contributed by atoms with Crippen molar-refractivity contribution in [2.24, 2.45) is 0 Å². The summed E-state index contributed by atoms with van der Waals surface area (Å²) < 4.78 is 0. The third kappa shape index (κ3) is 6.13. The van der Waals surface area contributed by atoms with Crippen LogP contribution in [-0.2, 0) is 0 Å². The topological polar surface area (TPSA) is 19.4 Å². The van der Waals surface area contributed by atoms with E-state index in [1.165, 1.54) is 42.8 Å². The van der Waals surface area contributed by atoms with Crippen LogP contribution in [-0.4, -0.2) is 4.98 Å². The van der Waals surface area contributed by atoms with Crippen molar-refractivity contribution >= 4 is 56.8 Å². The van der Waals surface area contributed by atoms with E-state index >= 15 is 0 Å². The Morgan fingerprint density at radius 2 is 0.855 bits per heavy atom. The second-order valence-electron chi connectivity index (χ2n) is 13.6. The molecule has 0 saturated carbocycles. The molecule has 8 aromatic carbocycles. The number of rotatable bonds is 8. The number of benzene rings is 8. The lowest BCUT2D eigenvalue weighted by atomic mass is 9.91. The van der Waals surface area contributed by atoms with Gasteiger partial charge in [-0.05, 0) is 118 Å². The lowest BCUT2D eigenvalue weighted by molar-refractivity contribution is 1.18. The first-order valence-electron chi connectivity index (χ1n) is 18.5. The number of nitrogens with zero attached hydrogens (tertiary/aromatic N) is 3. The average Bonchev–Trinajstić information content (AvgIpc) is 3.26. The van der Waals surface area contributed by atoms with Crippen molar-refractivity contribution in [1.82, 2.24) is 4.98 Å². The minimum Gasteiger partial charge on any atom is -0.311 e. The predicted molar refractivity (Wildman–Crippen MR) is 232 cm³/mol. The first kappa shape index (κ1) is 32.7. The summed E-state index contributed by atoms with van der Waals surface area (Å²) in [6.45, 7) is 0. The van der Waals surface area contributed by atoms with Gasteiger partial charge in [0.2, 0.25) is 0 Å². The van der Waals surface area contributed by atoms with Gasteiger partial charge in [-0.25, -0.2) is 4.98 Å². The molecule has 1 aromatic heterocycles. The summed E-state index contributed by atoms with van der Waals surface area (Å²) in [5, 5.41) is 2.59. The molecule has 0 unspecified atom stereocenters. The SMILES string of the molecule is c1ccc(N(c2ccccc2)c2ccc(-c3ccc4c5c(cccc35)Sc3cc(-c5ccc(N(c6ccccc6)c6ccccc6)nc5)ccc3-4)cc2)cc1. The van der Waals surface area contributed by atoms with Crippen LogP contribution in [0.15, 0.2) is 222 Å². The Morgan fingerprint density at radius 1 is 0.345 bits per heavy atom. The number of hydrogen-bond donors (Lipinski definition) is 0. The highest BCUT2D eigenvalue weighted by Crippen LogP contribution is 2.51. The van der Waals surface area contributed by atoms with Crippen molar-refractivity contribution < 1.29 is 0 Å². The van der Waals surface area contributed by atoms with Gasteiger partial charge < -0.3 is 4.90 Å². The Hall–Kier alpha value is -6.88. The molecule has 1 aliphatic rings. The zero-order valence-electron chi connectivity index (χ0n) is 30.0. The van der Waals surface area contributed by atoms with Gasteiger partial charge in [0.05, 0.1) is 0 Å². The maximum atomic E-state index is 4.99. The molecule has 0 fully saturated rings. The molecule has 0 saturated heterocycles. The van der Waals surface area contributed by atoms with E-state index in [1.54, 1.807) is 0 Å². The molecule has 0 amide bonds. The standard InChI is InChI=1S/C51H35N3S/c1-5-14-39(15-6-1)53(40-16-7-2-8-17-40)43-28-24-36(25-29-43)44-31-32-47-45-30-26-37(34-49(45)55-48-23-13-22-46(44)51(47)48)38-27-33-50(52-35-38)54(41-18-9-3-10-19-41)42-20-11-4-12-21-42/h1-35H. The Kier molecular flexibility index (Phi) is 8.43. The minimum absolute atomic E-state index is 0.879. The van der Waals surface area contributed by atoms with E-state index < -0.39 is 0 Å². The van der Waals surface area contributed by atoms with Gasteiger partial charge in [-0.2, -0.15) is 0 Å². The maximum Gasteiger partial charge on any atom is 0.137 e. The number of anilines is 6. The van der Waals surface area contributed by atoms with Gasteiger partial charge in [0.15, 0.2) is 0 Å². The number of pyridine rings is 1. The Bertz CT molecular complexity index is 2670. The number of fused-ring (bicyclic) bond motifs is 2. The van der Waals surface area contributed by atoms with E-state index in [0.29, 0.717) is 0 Å². The first-order valence-corrected chi connectivity index (χ1v) is 19.4. The van der Waals surface area contributed by atoms with E-state index in [2.05, 4.69) is 204 Å². The summed E-state index contributed by atoms with van der Waals surface area (Å²) in [4.78, 5) is 12.0. The second-order valence-corrected chi connectivity index (χ2v) is 14.7. The van der Waals surface area contributed by atoms with Gasteiger partial charge >= 0.3 is 0 Å². The third-order valence-corrected chi connectivity index (χ3v) is 11.4. The Balaban J connectivity index is 0.968. The number of hydrogen-bond acceptors (Lipinski definition) is 4. The van der Waals surface area contributed by atoms with E-state index in [9.17, 15) is 0 Å². The lowest BCUT2D eigenvalue weighted by Gasteiger charge is -2.26. The van der Waals surface area contributed by atoms with Crippen molar-refractivity contribution in [1.29, 1.82) is 0 Å². The fraction of sp³-hybridized carbons (Fsp3) is 0. The largest absolute Gasteiger partial charge is 0.311 e. The molecule has 55 heavy (non-hydrogen) atoms. The molecule has 0 aliphatic carbocycles. The summed E-state index contributed by atoms with van der Waals surface area (Å²) >= 11 is 1.86. The van der Waals surface area contributed by atoms with Crippen molar-refractivity contribution in [2.45, 2.75) is 9.79 Å². The van der Waals surface area contributed by atoms with Crippen LogP contribution in [0.2, 0.25) is 0 Å². The summed E-state index contributed by atoms with van der Waals surface area (Å²) in [7, 11) is 0. The highest BCUT2D eigenvalue weighted by atomic mass is 32.2. The van der Waals surface area contributed by atoms with E-state index in [0.717, 1.165) is 45.4 Å². The Morgan fingerprint density at radius 3 is 1.44 bits per heavy atom. The molecule has 0 radical (unpaired) electrons. The van der Waals surface area contributed by atoms with Crippen LogP contribution in [0.4, 0.5) is 34.3 Å². The summed E-state index contributed by atoms with van der Waals surface area (Å²) in [6.07, 6.45) is 1.99. The fourth-order valence-electron chi connectivity index (χ4n) is 7.71. The van der Waals surface area contributed by atoms with E-state index in [4.69, 9.17) is 4.98 Å². The van der Waals surface area contributed by atoms with E-state index in [1.807, 2.05) is 30.1 Å². The van der Waals surface area contributed by atoms with Crippen molar-refractivity contribution in [2.75, 3.05) is 9.80 Å². The highest BCUT2D eigenvalue weighted by molar-refractivity contribution is 7.99. The molecule has 4 heteroatoms. The summed E-state index contributed by atoms with van der Waals surface area (Å²) in [5.41, 5.74) is 12.8. The lowest BCUT2D eigenvalue weighted by Crippen LogP contribution is -2.11. The monoisotopic (exact) mass is 721 g/mol. The Labute approximate surface area is 325 Å². The van der Waals surface area contributed by atoms with Gasteiger partial charge in [-0.15, -0.1) is 0 Å². The van der Waals surface area contributed by atoms with E-state index in [-0.39, 0.29) is 0 Å². The molecular weight excluding hydrogens is 687 g/mol. The van der Waals surface area contributed by atoms with Gasteiger partial charge in [-0.1, -0.05) is 133 Å². The van der Waals surface area contributed by atoms with Gasteiger partial charge in [0.1, 0.15) is 5.82 Å². The quantitative estimate of drug-likeness (QED) is 0.156. The van der Waals surface area contributed by atoms with Gasteiger partial charge in [0.25, 0.3) is 0 Å². The average molecular weight is 722 g/mol. The highest BCUT2D eigenvalue weighted by Gasteiger charge is 2.22. The summed E-state index contributed by atoms with van der Waals surface area (Å²) in [6, 6.07) is 73.4. The van der Waals surface area contributed by atoms with Crippen LogP contribution < -0.4 is 9.80 Å². The molecule has 0 N–H and O–H groups in total. The molecular formula is C51H35N3S. The van der Waals surface area contributed by atoms with Crippen LogP contribution >= 0.6 is 11.8 Å². The van der Waals surface area contributed by atoms with Crippen LogP contribution in [0.25, 0.3) is 44.2 Å². The van der Waals surface area contributed by atoms with Crippen molar-refractivity contribution in [3.8, 4) is 33.4 Å². The van der Waals surface area contributed by atoms with Crippen LogP contribution in [0.1, 0.15) is 0 Å². The van der Waals surface area contributed by atoms with Gasteiger partial charge in [-0.3, -0.25) is 4.90 Å². The molecule has 10 rings (SSSR count). The molecule has 0 bridgehead atoms. The van der Waals surface area contributed by atoms with Crippen molar-refractivity contribution in [3.63, 3.8) is 0 Å².